The van der Waals surface area contributed by atoms with Crippen molar-refractivity contribution in [1.82, 2.24) is 0 Å². The molecule has 0 aliphatic heterocycles. The lowest BCUT2D eigenvalue weighted by Crippen LogP contribution is -2.54. The number of carbonyl (C=O) groups is 1. The van der Waals surface area contributed by atoms with Gasteiger partial charge in [-0.15, -0.1) is 0 Å². The molecule has 1 aromatic carbocycles. The van der Waals surface area contributed by atoms with Crippen molar-refractivity contribution in [3.05, 3.63) is 17.7 Å². The van der Waals surface area contributed by atoms with Crippen LogP contribution < -0.4 is 16.2 Å². The number of nitrogens with two attached hydrogens (primary N) is 2. The van der Waals surface area contributed by atoms with E-state index in [2.05, 4.69) is 34.6 Å². The number of aldehydes is 1. The van der Waals surface area contributed by atoms with Crippen LogP contribution in [-0.2, 0) is 0 Å². The van der Waals surface area contributed by atoms with Gasteiger partial charge in [0.25, 0.3) is 0 Å². The number of rotatable bonds is 8. The maximum Gasteiger partial charge on any atom is 0.153 e. The van der Waals surface area contributed by atoms with Crippen LogP contribution in [0.2, 0.25) is 0 Å². The Bertz CT molecular complexity index is 1010. The van der Waals surface area contributed by atoms with Crippen LogP contribution in [0, 0.1) is 52.3 Å². The Morgan fingerprint density at radius 2 is 1.68 bits per heavy atom. The molecule has 0 bridgehead atoms. The molecule has 0 heterocycles. The third kappa shape index (κ3) is 4.87. The summed E-state index contributed by atoms with van der Waals surface area (Å²) in [6.45, 7) is 12.6. The molecule has 4 heteroatoms. The Hall–Kier alpha value is -1.71. The number of nitrogen functional groups attached to an aromatic ring is 2. The minimum atomic E-state index is 0.130. The number of fused-ring (bicyclic) bond motifs is 5. The first kappa shape index (κ1) is 27.8. The fourth-order valence-corrected chi connectivity index (χ4v) is 10.4. The number of carbonyl (C=O) groups excluding carboxylic acids is 1. The van der Waals surface area contributed by atoms with E-state index in [1.165, 1.54) is 64.2 Å². The average Bonchev–Trinajstić information content (AvgIpc) is 3.22. The number of anilines is 2. The van der Waals surface area contributed by atoms with Crippen LogP contribution in [0.4, 0.5) is 11.4 Å². The van der Waals surface area contributed by atoms with Gasteiger partial charge in [0.2, 0.25) is 0 Å². The lowest BCUT2D eigenvalue weighted by molar-refractivity contribution is -0.126. The van der Waals surface area contributed by atoms with Crippen LogP contribution in [0.15, 0.2) is 12.1 Å². The van der Waals surface area contributed by atoms with Crippen molar-refractivity contribution < 1.29 is 9.53 Å². The summed E-state index contributed by atoms with van der Waals surface area (Å²) in [6, 6.07) is 3.38. The van der Waals surface area contributed by atoms with Crippen molar-refractivity contribution in [2.75, 3.05) is 11.5 Å². The summed E-state index contributed by atoms with van der Waals surface area (Å²) in [5.41, 5.74) is 14.6. The molecule has 0 saturated heterocycles. The summed E-state index contributed by atoms with van der Waals surface area (Å²) >= 11 is 0. The van der Waals surface area contributed by atoms with E-state index >= 15 is 0 Å². The molecule has 212 valence electrons. The molecule has 5 unspecified atom stereocenters. The quantitative estimate of drug-likeness (QED) is 0.265. The first-order chi connectivity index (χ1) is 18.1. The first-order valence-electron chi connectivity index (χ1n) is 15.9. The second-order valence-electron chi connectivity index (χ2n) is 14.8. The minimum Gasteiger partial charge on any atom is -0.488 e. The molecular weight excluding hydrogens is 468 g/mol. The summed E-state index contributed by atoms with van der Waals surface area (Å²) in [5.74, 6) is 6.56. The summed E-state index contributed by atoms with van der Waals surface area (Å²) in [6.07, 6.45) is 17.0. The Morgan fingerprint density at radius 3 is 2.42 bits per heavy atom. The number of benzene rings is 1. The number of ether oxygens (including phenoxy) is 1. The number of hydrogen-bond donors (Lipinski definition) is 2. The average molecular weight is 523 g/mol. The van der Waals surface area contributed by atoms with E-state index < -0.39 is 0 Å². The van der Waals surface area contributed by atoms with Gasteiger partial charge in [-0.1, -0.05) is 53.9 Å². The maximum atomic E-state index is 11.7. The zero-order valence-electron chi connectivity index (χ0n) is 24.8. The van der Waals surface area contributed by atoms with E-state index in [1.54, 1.807) is 12.1 Å². The Kier molecular flexibility index (Phi) is 7.84. The predicted molar refractivity (Wildman–Crippen MR) is 158 cm³/mol. The lowest BCUT2D eigenvalue weighted by Gasteiger charge is -2.61. The monoisotopic (exact) mass is 522 g/mol. The van der Waals surface area contributed by atoms with Crippen molar-refractivity contribution in [3.8, 4) is 5.75 Å². The molecule has 9 atom stereocenters. The summed E-state index contributed by atoms with van der Waals surface area (Å²) in [7, 11) is 0. The molecule has 5 rings (SSSR count). The Labute approximate surface area is 232 Å². The van der Waals surface area contributed by atoms with E-state index in [1.807, 2.05) is 0 Å². The maximum absolute atomic E-state index is 11.7. The van der Waals surface area contributed by atoms with E-state index in [-0.39, 0.29) is 6.10 Å². The fourth-order valence-electron chi connectivity index (χ4n) is 10.4. The van der Waals surface area contributed by atoms with Gasteiger partial charge < -0.3 is 16.2 Å². The molecule has 4 saturated carbocycles. The van der Waals surface area contributed by atoms with Crippen molar-refractivity contribution in [2.45, 2.75) is 118 Å². The smallest absolute Gasteiger partial charge is 0.153 e. The summed E-state index contributed by atoms with van der Waals surface area (Å²) < 4.78 is 6.45. The largest absolute Gasteiger partial charge is 0.488 e. The molecule has 4 aliphatic carbocycles. The minimum absolute atomic E-state index is 0.130. The van der Waals surface area contributed by atoms with Gasteiger partial charge >= 0.3 is 0 Å². The highest BCUT2D eigenvalue weighted by Crippen LogP contribution is 2.68. The Morgan fingerprint density at radius 1 is 0.947 bits per heavy atom. The molecule has 1 aromatic rings. The molecule has 4 aliphatic rings. The third-order valence-electron chi connectivity index (χ3n) is 12.4. The van der Waals surface area contributed by atoms with Gasteiger partial charge in [0.15, 0.2) is 12.0 Å². The van der Waals surface area contributed by atoms with E-state index in [9.17, 15) is 4.79 Å². The van der Waals surface area contributed by atoms with Crippen molar-refractivity contribution in [2.24, 2.45) is 52.3 Å². The van der Waals surface area contributed by atoms with Gasteiger partial charge in [0.05, 0.1) is 17.4 Å². The molecule has 0 aromatic heterocycles. The molecule has 4 N–H and O–H groups in total. The van der Waals surface area contributed by atoms with Crippen molar-refractivity contribution >= 4 is 17.7 Å². The zero-order valence-corrected chi connectivity index (χ0v) is 24.8. The molecule has 0 radical (unpaired) electrons. The molecule has 0 amide bonds. The van der Waals surface area contributed by atoms with Gasteiger partial charge in [-0.2, -0.15) is 0 Å². The van der Waals surface area contributed by atoms with Crippen LogP contribution in [0.25, 0.3) is 0 Å². The highest BCUT2D eigenvalue weighted by atomic mass is 16.5. The SMILES string of the molecule is CC(C)CCC[C@@H](C)[C@H]1CCC2C3CCC4CC(Oc5c(N)cc(N)cc5C=O)CC[C@]4(C)C3CC[C@@]21C. The number of hydrogen-bond acceptors (Lipinski definition) is 4. The predicted octanol–water partition coefficient (Wildman–Crippen LogP) is 8.53. The topological polar surface area (TPSA) is 78.3 Å². The second kappa shape index (κ2) is 10.7. The highest BCUT2D eigenvalue weighted by Gasteiger charge is 2.60. The van der Waals surface area contributed by atoms with Crippen molar-refractivity contribution in [1.29, 1.82) is 0 Å². The van der Waals surface area contributed by atoms with Gasteiger partial charge in [0.1, 0.15) is 0 Å². The van der Waals surface area contributed by atoms with Crippen molar-refractivity contribution in [3.63, 3.8) is 0 Å². The highest BCUT2D eigenvalue weighted by molar-refractivity contribution is 5.85. The van der Waals surface area contributed by atoms with E-state index in [4.69, 9.17) is 16.2 Å². The van der Waals surface area contributed by atoms with Gasteiger partial charge in [-0.25, -0.2) is 0 Å². The van der Waals surface area contributed by atoms with Crippen LogP contribution >= 0.6 is 0 Å². The molecule has 4 nitrogen and oxygen atoms in total. The van der Waals surface area contributed by atoms with Gasteiger partial charge in [-0.3, -0.25) is 4.79 Å². The Balaban J connectivity index is 1.25. The van der Waals surface area contributed by atoms with Gasteiger partial charge in [-0.05, 0) is 122 Å². The van der Waals surface area contributed by atoms with Crippen LogP contribution in [0.1, 0.15) is 122 Å². The zero-order chi connectivity index (χ0) is 27.2. The molecular formula is C34H54N2O2. The molecule has 0 spiro atoms. The molecule has 38 heavy (non-hydrogen) atoms. The van der Waals surface area contributed by atoms with E-state index in [0.29, 0.717) is 39.4 Å². The molecule has 4 fully saturated rings. The standard InChI is InChI=1S/C34H54N2O2/c1-21(2)7-6-8-22(3)28-11-12-29-27-10-9-24-18-26(38-32-23(20-37)17-25(35)19-31(32)36)13-15-33(24,4)30(27)14-16-34(28,29)5/h17,19-22,24,26-30H,6-16,18,35-36H2,1-5H3/t22-,24?,26?,27?,28-,29?,30?,33+,34-/m1/s1. The van der Waals surface area contributed by atoms with Gasteiger partial charge in [0, 0.05) is 5.69 Å². The van der Waals surface area contributed by atoms with Crippen LogP contribution in [-0.4, -0.2) is 12.4 Å². The summed E-state index contributed by atoms with van der Waals surface area (Å²) in [4.78, 5) is 11.7. The lowest BCUT2D eigenvalue weighted by atomic mass is 9.44. The summed E-state index contributed by atoms with van der Waals surface area (Å²) in [5, 5.41) is 0. The fraction of sp³-hybridized carbons (Fsp3) is 0.794. The van der Waals surface area contributed by atoms with Crippen LogP contribution in [0.5, 0.6) is 5.75 Å². The van der Waals surface area contributed by atoms with E-state index in [0.717, 1.165) is 54.6 Å². The second-order valence-corrected chi connectivity index (χ2v) is 14.8. The normalized spacial score (nSPS) is 39.2. The van der Waals surface area contributed by atoms with Crippen LogP contribution in [0.3, 0.4) is 0 Å². The third-order valence-corrected chi connectivity index (χ3v) is 12.4. The first-order valence-corrected chi connectivity index (χ1v) is 15.9.